The molecule has 0 aromatic carbocycles. The van der Waals surface area contributed by atoms with E-state index >= 15 is 0 Å². The van der Waals surface area contributed by atoms with Crippen molar-refractivity contribution in [2.45, 2.75) is 33.2 Å². The summed E-state index contributed by atoms with van der Waals surface area (Å²) < 4.78 is 0. The predicted octanol–water partition coefficient (Wildman–Crippen LogP) is 0.365. The van der Waals surface area contributed by atoms with Crippen molar-refractivity contribution in [2.24, 2.45) is 17.6 Å². The molecule has 2 amide bonds. The van der Waals surface area contributed by atoms with E-state index < -0.39 is 0 Å². The third-order valence-corrected chi connectivity index (χ3v) is 2.72. The van der Waals surface area contributed by atoms with E-state index in [1.54, 1.807) is 6.92 Å². The highest BCUT2D eigenvalue weighted by atomic mass is 16.2. The molecule has 4 heteroatoms. The van der Waals surface area contributed by atoms with Crippen LogP contribution in [0.2, 0.25) is 0 Å². The van der Waals surface area contributed by atoms with Crippen LogP contribution < -0.4 is 5.73 Å². The molecule has 80 valence electrons. The van der Waals surface area contributed by atoms with Crippen LogP contribution >= 0.6 is 0 Å². The molecule has 0 spiro atoms. The van der Waals surface area contributed by atoms with Crippen LogP contribution in [0.1, 0.15) is 27.2 Å². The number of carbonyl (C=O) groups excluding carboxylic acids is 2. The van der Waals surface area contributed by atoms with E-state index in [1.165, 1.54) is 4.90 Å². The van der Waals surface area contributed by atoms with Crippen molar-refractivity contribution < 1.29 is 9.59 Å². The van der Waals surface area contributed by atoms with Gasteiger partial charge in [-0.3, -0.25) is 14.5 Å². The molecule has 2 N–H and O–H groups in total. The molecule has 2 atom stereocenters. The third kappa shape index (κ3) is 2.12. The monoisotopic (exact) mass is 198 g/mol. The Morgan fingerprint density at radius 2 is 2.07 bits per heavy atom. The SMILES string of the molecule is CC1CC(=O)N(CC(N)C(C)C)C1=O. The molecule has 14 heavy (non-hydrogen) atoms. The van der Waals surface area contributed by atoms with Gasteiger partial charge < -0.3 is 5.73 Å². The highest BCUT2D eigenvalue weighted by Gasteiger charge is 2.36. The van der Waals surface area contributed by atoms with Crippen molar-refractivity contribution in [3.63, 3.8) is 0 Å². The van der Waals surface area contributed by atoms with E-state index in [2.05, 4.69) is 0 Å². The van der Waals surface area contributed by atoms with Gasteiger partial charge in [-0.2, -0.15) is 0 Å². The fourth-order valence-electron chi connectivity index (χ4n) is 1.46. The van der Waals surface area contributed by atoms with Gasteiger partial charge in [-0.25, -0.2) is 0 Å². The molecule has 0 aliphatic carbocycles. The molecule has 0 aromatic heterocycles. The summed E-state index contributed by atoms with van der Waals surface area (Å²) in [5.41, 5.74) is 5.82. The second kappa shape index (κ2) is 4.09. The fourth-order valence-corrected chi connectivity index (χ4v) is 1.46. The molecule has 0 radical (unpaired) electrons. The molecule has 2 unspecified atom stereocenters. The summed E-state index contributed by atoms with van der Waals surface area (Å²) >= 11 is 0. The summed E-state index contributed by atoms with van der Waals surface area (Å²) in [6.45, 7) is 6.11. The first kappa shape index (κ1) is 11.2. The molecule has 1 heterocycles. The molecule has 4 nitrogen and oxygen atoms in total. The maximum Gasteiger partial charge on any atom is 0.232 e. The lowest BCUT2D eigenvalue weighted by atomic mass is 10.1. The first-order chi connectivity index (χ1) is 6.43. The zero-order valence-electron chi connectivity index (χ0n) is 8.99. The zero-order valence-corrected chi connectivity index (χ0v) is 8.99. The number of nitrogens with zero attached hydrogens (tertiary/aromatic N) is 1. The second-order valence-corrected chi connectivity index (χ2v) is 4.36. The first-order valence-electron chi connectivity index (χ1n) is 5.03. The topological polar surface area (TPSA) is 63.4 Å². The Bertz CT molecular complexity index is 251. The van der Waals surface area contributed by atoms with E-state index in [9.17, 15) is 9.59 Å². The van der Waals surface area contributed by atoms with E-state index in [1.807, 2.05) is 13.8 Å². The second-order valence-electron chi connectivity index (χ2n) is 4.36. The van der Waals surface area contributed by atoms with Gasteiger partial charge >= 0.3 is 0 Å². The van der Waals surface area contributed by atoms with Crippen LogP contribution in [-0.2, 0) is 9.59 Å². The molecular weight excluding hydrogens is 180 g/mol. The van der Waals surface area contributed by atoms with Crippen molar-refractivity contribution in [1.29, 1.82) is 0 Å². The van der Waals surface area contributed by atoms with Gasteiger partial charge in [0.2, 0.25) is 11.8 Å². The Balaban J connectivity index is 2.61. The number of hydrogen-bond donors (Lipinski definition) is 1. The number of hydrogen-bond acceptors (Lipinski definition) is 3. The van der Waals surface area contributed by atoms with Gasteiger partial charge in [0.05, 0.1) is 0 Å². The summed E-state index contributed by atoms with van der Waals surface area (Å²) in [5, 5.41) is 0. The Hall–Kier alpha value is -0.900. The van der Waals surface area contributed by atoms with Gasteiger partial charge in [0, 0.05) is 24.9 Å². The summed E-state index contributed by atoms with van der Waals surface area (Å²) in [6, 6.07) is -0.117. The van der Waals surface area contributed by atoms with Crippen molar-refractivity contribution in [3.05, 3.63) is 0 Å². The van der Waals surface area contributed by atoms with Gasteiger partial charge in [0.1, 0.15) is 0 Å². The minimum absolute atomic E-state index is 0.0777. The van der Waals surface area contributed by atoms with Crippen LogP contribution in [0.15, 0.2) is 0 Å². The van der Waals surface area contributed by atoms with Crippen LogP contribution in [0.25, 0.3) is 0 Å². The molecule has 1 aliphatic heterocycles. The number of nitrogens with two attached hydrogens (primary N) is 1. The quantitative estimate of drug-likeness (QED) is 0.666. The number of amides is 2. The average molecular weight is 198 g/mol. The van der Waals surface area contributed by atoms with Crippen LogP contribution in [0.5, 0.6) is 0 Å². The fraction of sp³-hybridized carbons (Fsp3) is 0.800. The minimum atomic E-state index is -0.165. The van der Waals surface area contributed by atoms with Gasteiger partial charge in [0.25, 0.3) is 0 Å². The van der Waals surface area contributed by atoms with Gasteiger partial charge in [-0.1, -0.05) is 20.8 Å². The molecule has 1 saturated heterocycles. The highest BCUT2D eigenvalue weighted by Crippen LogP contribution is 2.19. The van der Waals surface area contributed by atoms with Crippen LogP contribution in [0.3, 0.4) is 0 Å². The standard InChI is InChI=1S/C10H18N2O2/c1-6(2)8(11)5-12-9(13)4-7(3)10(12)14/h6-8H,4-5,11H2,1-3H3. The Kier molecular flexibility index (Phi) is 3.26. The van der Waals surface area contributed by atoms with E-state index in [-0.39, 0.29) is 29.7 Å². The molecule has 0 aromatic rings. The first-order valence-corrected chi connectivity index (χ1v) is 5.03. The Morgan fingerprint density at radius 1 is 1.50 bits per heavy atom. The summed E-state index contributed by atoms with van der Waals surface area (Å²) in [4.78, 5) is 24.2. The van der Waals surface area contributed by atoms with E-state index in [4.69, 9.17) is 5.73 Å². The Labute approximate surface area is 84.4 Å². The number of imide groups is 1. The van der Waals surface area contributed by atoms with Crippen molar-refractivity contribution in [1.82, 2.24) is 4.90 Å². The normalized spacial score (nSPS) is 24.9. The highest BCUT2D eigenvalue weighted by molar-refractivity contribution is 6.03. The number of carbonyl (C=O) groups is 2. The average Bonchev–Trinajstić information content (AvgIpc) is 2.32. The molecule has 1 aliphatic rings. The molecule has 1 rings (SSSR count). The van der Waals surface area contributed by atoms with E-state index in [0.717, 1.165) is 0 Å². The van der Waals surface area contributed by atoms with Crippen LogP contribution in [0.4, 0.5) is 0 Å². The molecular formula is C10H18N2O2. The lowest BCUT2D eigenvalue weighted by Crippen LogP contribution is -2.43. The smallest absolute Gasteiger partial charge is 0.232 e. The van der Waals surface area contributed by atoms with E-state index in [0.29, 0.717) is 13.0 Å². The molecule has 0 saturated carbocycles. The zero-order chi connectivity index (χ0) is 10.9. The molecule has 1 fully saturated rings. The predicted molar refractivity (Wildman–Crippen MR) is 53.3 cm³/mol. The molecule has 0 bridgehead atoms. The van der Waals surface area contributed by atoms with Gasteiger partial charge in [0.15, 0.2) is 0 Å². The van der Waals surface area contributed by atoms with Gasteiger partial charge in [-0.15, -0.1) is 0 Å². The summed E-state index contributed by atoms with van der Waals surface area (Å²) in [7, 11) is 0. The maximum absolute atomic E-state index is 11.5. The van der Waals surface area contributed by atoms with Crippen LogP contribution in [0, 0.1) is 11.8 Å². The largest absolute Gasteiger partial charge is 0.326 e. The third-order valence-electron chi connectivity index (χ3n) is 2.72. The summed E-state index contributed by atoms with van der Waals surface area (Å²) in [6.07, 6.45) is 0.337. The number of rotatable bonds is 3. The minimum Gasteiger partial charge on any atom is -0.326 e. The van der Waals surface area contributed by atoms with Crippen LogP contribution in [-0.4, -0.2) is 29.3 Å². The lowest BCUT2D eigenvalue weighted by Gasteiger charge is -2.22. The lowest BCUT2D eigenvalue weighted by molar-refractivity contribution is -0.139. The number of likely N-dealkylation sites (tertiary alicyclic amines) is 1. The van der Waals surface area contributed by atoms with Crippen molar-refractivity contribution in [2.75, 3.05) is 6.54 Å². The Morgan fingerprint density at radius 3 is 2.43 bits per heavy atom. The van der Waals surface area contributed by atoms with Crippen molar-refractivity contribution >= 4 is 11.8 Å². The van der Waals surface area contributed by atoms with Crippen molar-refractivity contribution in [3.8, 4) is 0 Å². The van der Waals surface area contributed by atoms with Gasteiger partial charge in [-0.05, 0) is 5.92 Å². The summed E-state index contributed by atoms with van der Waals surface area (Å²) in [5.74, 6) is -0.0435. The maximum atomic E-state index is 11.5.